The van der Waals surface area contributed by atoms with Crippen LogP contribution >= 0.6 is 86.9 Å². The predicted molar refractivity (Wildman–Crippen MR) is 295 cm³/mol. The van der Waals surface area contributed by atoms with Crippen LogP contribution in [0.5, 0.6) is 0 Å². The number of benzene rings is 7. The van der Waals surface area contributed by atoms with E-state index in [2.05, 4.69) is 68.7 Å². The van der Waals surface area contributed by atoms with Crippen molar-refractivity contribution in [2.45, 2.75) is 0 Å². The number of rotatable bonds is 0. The van der Waals surface area contributed by atoms with Gasteiger partial charge in [-0.25, -0.2) is 31.3 Å². The van der Waals surface area contributed by atoms with Crippen LogP contribution in [0.3, 0.4) is 0 Å². The van der Waals surface area contributed by atoms with Crippen molar-refractivity contribution in [3.63, 3.8) is 0 Å². The number of halogens is 12. The highest BCUT2D eigenvalue weighted by molar-refractivity contribution is 9.11. The van der Waals surface area contributed by atoms with Crippen LogP contribution in [0, 0.1) is 57.6 Å². The Labute approximate surface area is 454 Å². The van der Waals surface area contributed by atoms with Crippen LogP contribution < -0.4 is 45.9 Å². The Morgan fingerprint density at radius 2 is 0.889 bits per heavy atom. The third kappa shape index (κ3) is 24.8. The van der Waals surface area contributed by atoms with Gasteiger partial charge in [0.1, 0.15) is 28.4 Å². The number of anilines is 8. The van der Waals surface area contributed by atoms with Crippen molar-refractivity contribution >= 4 is 132 Å². The van der Waals surface area contributed by atoms with Crippen LogP contribution in [0.1, 0.15) is 11.1 Å². The van der Waals surface area contributed by atoms with E-state index in [1.807, 2.05) is 30.3 Å². The molecule has 23 heteroatoms. The zero-order valence-electron chi connectivity index (χ0n) is 36.9. The fraction of sp³-hybridized carbons (Fsp3) is 0. The number of aromatic nitrogens is 1. The van der Waals surface area contributed by atoms with E-state index in [1.54, 1.807) is 48.5 Å². The number of nitrogen functional groups attached to an aromatic ring is 8. The molecule has 16 N–H and O–H groups in total. The fourth-order valence-corrected chi connectivity index (χ4v) is 6.19. The van der Waals surface area contributed by atoms with Crippen molar-refractivity contribution in [3.05, 3.63) is 226 Å². The number of pyridine rings is 1. The van der Waals surface area contributed by atoms with Gasteiger partial charge in [-0.05, 0) is 163 Å². The lowest BCUT2D eigenvalue weighted by Crippen LogP contribution is -1.92. The van der Waals surface area contributed by atoms with Crippen molar-refractivity contribution in [1.29, 1.82) is 10.5 Å². The highest BCUT2D eigenvalue weighted by Crippen LogP contribution is 2.21. The molecule has 0 saturated carbocycles. The van der Waals surface area contributed by atoms with E-state index in [4.69, 9.17) is 79.6 Å². The summed E-state index contributed by atoms with van der Waals surface area (Å²) in [4.78, 5) is 3.60. The van der Waals surface area contributed by atoms with Crippen LogP contribution in [0.4, 0.5) is 71.8 Å². The molecule has 8 rings (SSSR count). The molecule has 376 valence electrons. The van der Waals surface area contributed by atoms with E-state index >= 15 is 0 Å². The molecule has 7 aromatic carbocycles. The van der Waals surface area contributed by atoms with Crippen LogP contribution in [0.2, 0.25) is 10.0 Å². The van der Waals surface area contributed by atoms with Crippen LogP contribution in [-0.2, 0) is 0 Å². The molecule has 0 saturated heterocycles. The lowest BCUT2D eigenvalue weighted by atomic mass is 10.2. The quantitative estimate of drug-likeness (QED) is 0.0402. The van der Waals surface area contributed by atoms with E-state index in [0.717, 1.165) is 10.2 Å². The summed E-state index contributed by atoms with van der Waals surface area (Å²) in [5.41, 5.74) is 44.9. The summed E-state index contributed by atoms with van der Waals surface area (Å²) >= 11 is 23.1. The molecule has 0 fully saturated rings. The fourth-order valence-electron chi connectivity index (χ4n) is 4.26. The van der Waals surface area contributed by atoms with Crippen LogP contribution in [0.15, 0.2) is 170 Å². The summed E-state index contributed by atoms with van der Waals surface area (Å²) < 4.78 is 77.1. The van der Waals surface area contributed by atoms with Gasteiger partial charge in [0.05, 0.1) is 47.8 Å². The molecular weight excluding hydrogens is 1250 g/mol. The number of nitrogens with zero attached hydrogens (tertiary/aromatic N) is 3. The molecule has 0 spiro atoms. The van der Waals surface area contributed by atoms with Gasteiger partial charge in [-0.2, -0.15) is 10.5 Å². The summed E-state index contributed by atoms with van der Waals surface area (Å²) in [7, 11) is 0. The maximum atomic E-state index is 12.7. The molecule has 8 aromatic rings. The standard InChI is InChI=1S/2C7H5FN2.2C6H5BrFN.C6H6BrN.C6H5ClFN.C6H6ClN.C5H4BrFN2/c8-7-2-1-6(10)3-5(7)4-9;8-7-5(4-9)2-1-3-6(7)10;7-5-3-4(9)1-2-6(5)8;7-4-2-1-3-5(9)6(4)8;7-5-2-1-3-6(8)4-5;7-4-2-1-3-5(9)6(4)8;7-5-2-1-3-6(8)4-5;6-5-4(7)3(8)1-2-9-5/h2*1-3H,10H2;2*1-3H,9H2;1-4H,8H2;1-3H,9H2;1-4H,8H2;1-2H,(H2,8,9). The average molecular weight is 1290 g/mol. The third-order valence-electron chi connectivity index (χ3n) is 7.74. The van der Waals surface area contributed by atoms with Gasteiger partial charge in [-0.15, -0.1) is 0 Å². The first-order valence-electron chi connectivity index (χ1n) is 19.5. The zero-order valence-corrected chi connectivity index (χ0v) is 44.8. The van der Waals surface area contributed by atoms with Crippen molar-refractivity contribution in [2.75, 3.05) is 45.9 Å². The van der Waals surface area contributed by atoms with E-state index in [-0.39, 0.29) is 49.3 Å². The molecular formula is C49H41Br4Cl2F6N11. The Bertz CT molecular complexity index is 2810. The van der Waals surface area contributed by atoms with E-state index in [9.17, 15) is 26.3 Å². The minimum atomic E-state index is -0.634. The van der Waals surface area contributed by atoms with Crippen molar-refractivity contribution in [1.82, 2.24) is 4.98 Å². The molecule has 1 heterocycles. The number of hydrogen-bond donors (Lipinski definition) is 8. The first-order valence-corrected chi connectivity index (χ1v) is 23.4. The second kappa shape index (κ2) is 33.7. The Balaban J connectivity index is 0.000000412. The number of nitriles is 2. The Hall–Kier alpha value is -6.85. The zero-order chi connectivity index (χ0) is 54.5. The van der Waals surface area contributed by atoms with Crippen molar-refractivity contribution in [3.8, 4) is 12.1 Å². The van der Waals surface area contributed by atoms with Gasteiger partial charge >= 0.3 is 0 Å². The molecule has 0 amide bonds. The lowest BCUT2D eigenvalue weighted by molar-refractivity contribution is 0.618. The second-order valence-electron chi connectivity index (χ2n) is 13.2. The predicted octanol–water partition coefficient (Wildman–Crippen LogP) is 14.5. The van der Waals surface area contributed by atoms with E-state index in [1.165, 1.54) is 85.1 Å². The number of nitrogens with two attached hydrogens (primary N) is 8. The molecule has 0 aliphatic heterocycles. The monoisotopic (exact) mass is 1280 g/mol. The Kier molecular flexibility index (Phi) is 29.5. The van der Waals surface area contributed by atoms with Gasteiger partial charge in [0, 0.05) is 38.4 Å². The van der Waals surface area contributed by atoms with E-state index < -0.39 is 29.1 Å². The largest absolute Gasteiger partial charge is 0.399 e. The SMILES string of the molecule is N#Cc1cc(N)ccc1F.N#Cc1cccc(N)c1F.Nc1ccc(F)c(Br)c1.Nc1cccc(Br)c1.Nc1cccc(Br)c1F.Nc1cccc(Cl)c1.Nc1cccc(Cl)c1F.Nc1ccnc(Br)c1F. The molecule has 0 unspecified atom stereocenters. The van der Waals surface area contributed by atoms with Gasteiger partial charge < -0.3 is 45.9 Å². The van der Waals surface area contributed by atoms with Gasteiger partial charge in [-0.3, -0.25) is 0 Å². The van der Waals surface area contributed by atoms with Crippen LogP contribution in [0.25, 0.3) is 0 Å². The van der Waals surface area contributed by atoms with Gasteiger partial charge in [0.2, 0.25) is 0 Å². The average Bonchev–Trinajstić information content (AvgIpc) is 3.33. The lowest BCUT2D eigenvalue weighted by Gasteiger charge is -1.95. The van der Waals surface area contributed by atoms with Crippen molar-refractivity contribution in [2.24, 2.45) is 0 Å². The molecule has 0 radical (unpaired) electrons. The van der Waals surface area contributed by atoms with E-state index in [0.29, 0.717) is 31.0 Å². The normalized spacial score (nSPS) is 9.25. The van der Waals surface area contributed by atoms with Gasteiger partial charge in [-0.1, -0.05) is 69.5 Å². The topological polar surface area (TPSA) is 269 Å². The smallest absolute Gasteiger partial charge is 0.178 e. The first kappa shape index (κ1) is 63.2. The molecule has 11 nitrogen and oxygen atoms in total. The molecule has 1 aromatic heterocycles. The Morgan fingerprint density at radius 3 is 1.28 bits per heavy atom. The number of hydrogen-bond acceptors (Lipinski definition) is 11. The second-order valence-corrected chi connectivity index (χ2v) is 17.5. The molecule has 72 heavy (non-hydrogen) atoms. The summed E-state index contributed by atoms with van der Waals surface area (Å²) in [5, 5.41) is 17.3. The highest BCUT2D eigenvalue weighted by atomic mass is 79.9. The van der Waals surface area contributed by atoms with Crippen molar-refractivity contribution < 1.29 is 26.3 Å². The molecule has 0 aliphatic rings. The summed E-state index contributed by atoms with van der Waals surface area (Å²) in [6.45, 7) is 0. The minimum absolute atomic E-state index is 0.0130. The minimum Gasteiger partial charge on any atom is -0.399 e. The summed E-state index contributed by atoms with van der Waals surface area (Å²) in [6.07, 6.45) is 1.43. The molecule has 0 bridgehead atoms. The third-order valence-corrected chi connectivity index (χ3v) is 10.5. The highest BCUT2D eigenvalue weighted by Gasteiger charge is 2.04. The molecule has 0 atom stereocenters. The summed E-state index contributed by atoms with van der Waals surface area (Å²) in [6, 6.07) is 41.3. The maximum Gasteiger partial charge on any atom is 0.178 e. The summed E-state index contributed by atoms with van der Waals surface area (Å²) in [5.74, 6) is -2.89. The molecule has 0 aliphatic carbocycles. The van der Waals surface area contributed by atoms with Gasteiger partial charge in [0.15, 0.2) is 23.3 Å². The Morgan fingerprint density at radius 1 is 0.417 bits per heavy atom. The van der Waals surface area contributed by atoms with Crippen LogP contribution in [-0.4, -0.2) is 4.98 Å². The first-order chi connectivity index (χ1) is 33.9. The van der Waals surface area contributed by atoms with Gasteiger partial charge in [0.25, 0.3) is 0 Å². The maximum absolute atomic E-state index is 12.7.